The molecule has 0 bridgehead atoms. The summed E-state index contributed by atoms with van der Waals surface area (Å²) in [6.45, 7) is 1.20. The van der Waals surface area contributed by atoms with E-state index in [1.165, 1.54) is 24.8 Å². The SMILES string of the molecule is O=C(NC1CN(C(=O)Nc2ccc(C3CCC3)cc2)C1)C1CC1. The molecule has 3 aliphatic rings. The van der Waals surface area contributed by atoms with E-state index in [0.717, 1.165) is 18.5 Å². The van der Waals surface area contributed by atoms with Crippen molar-refractivity contribution in [1.82, 2.24) is 10.2 Å². The van der Waals surface area contributed by atoms with E-state index in [-0.39, 0.29) is 23.9 Å². The van der Waals surface area contributed by atoms with Crippen LogP contribution in [0, 0.1) is 5.92 Å². The molecule has 0 atom stereocenters. The van der Waals surface area contributed by atoms with E-state index < -0.39 is 0 Å². The highest BCUT2D eigenvalue weighted by molar-refractivity contribution is 5.90. The van der Waals surface area contributed by atoms with Crippen LogP contribution in [0.2, 0.25) is 0 Å². The molecule has 1 aliphatic heterocycles. The maximum atomic E-state index is 12.2. The fraction of sp³-hybridized carbons (Fsp3) is 0.556. The topological polar surface area (TPSA) is 61.4 Å². The molecule has 5 nitrogen and oxygen atoms in total. The first-order valence-corrected chi connectivity index (χ1v) is 8.65. The van der Waals surface area contributed by atoms with Crippen molar-refractivity contribution in [2.75, 3.05) is 18.4 Å². The van der Waals surface area contributed by atoms with Crippen molar-refractivity contribution in [3.63, 3.8) is 0 Å². The number of carbonyl (C=O) groups is 2. The van der Waals surface area contributed by atoms with Gasteiger partial charge >= 0.3 is 6.03 Å². The van der Waals surface area contributed by atoms with Crippen molar-refractivity contribution in [2.45, 2.75) is 44.1 Å². The highest BCUT2D eigenvalue weighted by Gasteiger charge is 2.36. The van der Waals surface area contributed by atoms with Crippen LogP contribution in [0.15, 0.2) is 24.3 Å². The number of benzene rings is 1. The summed E-state index contributed by atoms with van der Waals surface area (Å²) in [5.41, 5.74) is 2.21. The second-order valence-electron chi connectivity index (χ2n) is 7.06. The van der Waals surface area contributed by atoms with E-state index in [9.17, 15) is 9.59 Å². The third-order valence-corrected chi connectivity index (χ3v) is 5.20. The monoisotopic (exact) mass is 313 g/mol. The van der Waals surface area contributed by atoms with Gasteiger partial charge < -0.3 is 15.5 Å². The Morgan fingerprint density at radius 3 is 2.26 bits per heavy atom. The van der Waals surface area contributed by atoms with Crippen molar-refractivity contribution in [3.05, 3.63) is 29.8 Å². The molecule has 2 aliphatic carbocycles. The first-order valence-electron chi connectivity index (χ1n) is 8.65. The predicted octanol–water partition coefficient (Wildman–Crippen LogP) is 2.70. The summed E-state index contributed by atoms with van der Waals surface area (Å²) in [7, 11) is 0. The van der Waals surface area contributed by atoms with Crippen molar-refractivity contribution >= 4 is 17.6 Å². The zero-order chi connectivity index (χ0) is 15.8. The van der Waals surface area contributed by atoms with Crippen molar-refractivity contribution < 1.29 is 9.59 Å². The minimum absolute atomic E-state index is 0.0849. The van der Waals surface area contributed by atoms with E-state index >= 15 is 0 Å². The van der Waals surface area contributed by atoms with E-state index in [4.69, 9.17) is 0 Å². The van der Waals surface area contributed by atoms with E-state index in [1.54, 1.807) is 4.90 Å². The lowest BCUT2D eigenvalue weighted by molar-refractivity contribution is -0.123. The number of anilines is 1. The molecule has 0 aromatic heterocycles. The molecule has 0 spiro atoms. The number of hydrogen-bond acceptors (Lipinski definition) is 2. The number of rotatable bonds is 4. The first-order chi connectivity index (χ1) is 11.2. The Bertz CT molecular complexity index is 599. The molecule has 1 saturated heterocycles. The van der Waals surface area contributed by atoms with Gasteiger partial charge in [0.15, 0.2) is 0 Å². The molecule has 23 heavy (non-hydrogen) atoms. The van der Waals surface area contributed by atoms with Crippen LogP contribution in [0.25, 0.3) is 0 Å². The number of urea groups is 1. The average Bonchev–Trinajstić information content (AvgIpc) is 3.26. The summed E-state index contributed by atoms with van der Waals surface area (Å²) in [6, 6.07) is 8.24. The van der Waals surface area contributed by atoms with Crippen LogP contribution in [0.5, 0.6) is 0 Å². The van der Waals surface area contributed by atoms with Crippen LogP contribution in [0.4, 0.5) is 10.5 Å². The highest BCUT2D eigenvalue weighted by atomic mass is 16.2. The van der Waals surface area contributed by atoms with Gasteiger partial charge in [-0.1, -0.05) is 18.6 Å². The fourth-order valence-corrected chi connectivity index (χ4v) is 3.18. The Morgan fingerprint density at radius 1 is 1.00 bits per heavy atom. The zero-order valence-electron chi connectivity index (χ0n) is 13.3. The van der Waals surface area contributed by atoms with Crippen LogP contribution in [-0.4, -0.2) is 36.0 Å². The Morgan fingerprint density at radius 2 is 1.70 bits per heavy atom. The summed E-state index contributed by atoms with van der Waals surface area (Å²) < 4.78 is 0. The molecule has 2 saturated carbocycles. The summed E-state index contributed by atoms with van der Waals surface area (Å²) in [6.07, 6.45) is 5.93. The van der Waals surface area contributed by atoms with Crippen molar-refractivity contribution in [2.24, 2.45) is 5.92 Å². The molecular weight excluding hydrogens is 290 g/mol. The van der Waals surface area contributed by atoms with Gasteiger partial charge in [-0.25, -0.2) is 4.79 Å². The van der Waals surface area contributed by atoms with E-state index in [1.807, 2.05) is 12.1 Å². The minimum Gasteiger partial charge on any atom is -0.350 e. The molecule has 0 unspecified atom stereocenters. The second-order valence-corrected chi connectivity index (χ2v) is 7.06. The molecule has 4 rings (SSSR count). The number of nitrogens with zero attached hydrogens (tertiary/aromatic N) is 1. The predicted molar refractivity (Wildman–Crippen MR) is 88.3 cm³/mol. The Kier molecular flexibility index (Phi) is 3.71. The van der Waals surface area contributed by atoms with E-state index in [0.29, 0.717) is 19.0 Å². The molecule has 3 amide bonds. The Labute approximate surface area is 136 Å². The molecule has 5 heteroatoms. The van der Waals surface area contributed by atoms with E-state index in [2.05, 4.69) is 22.8 Å². The fourth-order valence-electron chi connectivity index (χ4n) is 3.18. The quantitative estimate of drug-likeness (QED) is 0.898. The third-order valence-electron chi connectivity index (χ3n) is 5.20. The summed E-state index contributed by atoms with van der Waals surface area (Å²) >= 11 is 0. The largest absolute Gasteiger partial charge is 0.350 e. The molecule has 3 fully saturated rings. The van der Waals surface area contributed by atoms with Gasteiger partial charge in [-0.2, -0.15) is 0 Å². The number of hydrogen-bond donors (Lipinski definition) is 2. The van der Waals surface area contributed by atoms with Crippen molar-refractivity contribution in [1.29, 1.82) is 0 Å². The standard InChI is InChI=1S/C18H23N3O2/c22-17(14-4-5-14)19-16-10-21(11-16)18(23)20-15-8-6-13(7-9-15)12-2-1-3-12/h6-9,12,14,16H,1-5,10-11H2,(H,19,22)(H,20,23). The van der Waals surface area contributed by atoms with Gasteiger partial charge in [0, 0.05) is 24.7 Å². The van der Waals surface area contributed by atoms with Gasteiger partial charge in [-0.3, -0.25) is 4.79 Å². The summed E-state index contributed by atoms with van der Waals surface area (Å²) in [5, 5.41) is 5.93. The first kappa shape index (κ1) is 14.5. The van der Waals surface area contributed by atoms with Gasteiger partial charge in [-0.05, 0) is 49.3 Å². The molecule has 122 valence electrons. The van der Waals surface area contributed by atoms with Crippen LogP contribution in [0.3, 0.4) is 0 Å². The molecule has 2 N–H and O–H groups in total. The number of amides is 3. The van der Waals surface area contributed by atoms with Gasteiger partial charge in [0.1, 0.15) is 0 Å². The lowest BCUT2D eigenvalue weighted by Gasteiger charge is -2.39. The van der Waals surface area contributed by atoms with Gasteiger partial charge in [0.2, 0.25) is 5.91 Å². The third kappa shape index (κ3) is 3.19. The minimum atomic E-state index is -0.0849. The maximum Gasteiger partial charge on any atom is 0.321 e. The second kappa shape index (κ2) is 5.87. The zero-order valence-corrected chi connectivity index (χ0v) is 13.3. The number of likely N-dealkylation sites (tertiary alicyclic amines) is 1. The van der Waals surface area contributed by atoms with Crippen LogP contribution in [-0.2, 0) is 4.79 Å². The van der Waals surface area contributed by atoms with Crippen molar-refractivity contribution in [3.8, 4) is 0 Å². The highest BCUT2D eigenvalue weighted by Crippen LogP contribution is 2.36. The molecular formula is C18H23N3O2. The smallest absolute Gasteiger partial charge is 0.321 e. The lowest BCUT2D eigenvalue weighted by Crippen LogP contribution is -2.62. The molecule has 1 aromatic carbocycles. The normalized spacial score (nSPS) is 21.3. The molecule has 0 radical (unpaired) electrons. The van der Waals surface area contributed by atoms with Gasteiger partial charge in [0.25, 0.3) is 0 Å². The lowest BCUT2D eigenvalue weighted by atomic mass is 9.80. The van der Waals surface area contributed by atoms with Crippen LogP contribution >= 0.6 is 0 Å². The summed E-state index contributed by atoms with van der Waals surface area (Å²) in [4.78, 5) is 25.6. The Hall–Kier alpha value is -2.04. The number of nitrogens with one attached hydrogen (secondary N) is 2. The maximum absolute atomic E-state index is 12.2. The number of carbonyl (C=O) groups excluding carboxylic acids is 2. The molecule has 1 heterocycles. The van der Waals surface area contributed by atoms with Crippen LogP contribution in [0.1, 0.15) is 43.6 Å². The summed E-state index contributed by atoms with van der Waals surface area (Å²) in [5.74, 6) is 1.10. The van der Waals surface area contributed by atoms with Crippen LogP contribution < -0.4 is 10.6 Å². The Balaban J connectivity index is 1.23. The van der Waals surface area contributed by atoms with Gasteiger partial charge in [0.05, 0.1) is 6.04 Å². The van der Waals surface area contributed by atoms with Gasteiger partial charge in [-0.15, -0.1) is 0 Å². The molecule has 1 aromatic rings. The average molecular weight is 313 g/mol.